The molecule has 18 heavy (non-hydrogen) atoms. The van der Waals surface area contributed by atoms with Crippen molar-refractivity contribution in [3.63, 3.8) is 0 Å². The van der Waals surface area contributed by atoms with Gasteiger partial charge in [-0.2, -0.15) is 0 Å². The van der Waals surface area contributed by atoms with Crippen LogP contribution >= 0.6 is 0 Å². The molecule has 0 saturated carbocycles. The standard InChI is InChI=1S/C14H19N3O/c15-12-7-13(11-4-2-1-3-10(11)12)16-8-9-5-6-14(18)17-9/h1-4,9,12-13,16H,5-8,15H2,(H,17,18). The highest BCUT2D eigenvalue weighted by atomic mass is 16.1. The van der Waals surface area contributed by atoms with Gasteiger partial charge >= 0.3 is 0 Å². The Hall–Kier alpha value is -1.39. The van der Waals surface area contributed by atoms with E-state index in [2.05, 4.69) is 28.8 Å². The Bertz CT molecular complexity index is 460. The molecular formula is C14H19N3O. The highest BCUT2D eigenvalue weighted by molar-refractivity contribution is 5.78. The molecule has 0 aromatic heterocycles. The molecule has 96 valence electrons. The first-order valence-electron chi connectivity index (χ1n) is 6.61. The minimum Gasteiger partial charge on any atom is -0.352 e. The predicted molar refractivity (Wildman–Crippen MR) is 69.9 cm³/mol. The number of hydrogen-bond donors (Lipinski definition) is 3. The summed E-state index contributed by atoms with van der Waals surface area (Å²) in [4.78, 5) is 11.1. The van der Waals surface area contributed by atoms with E-state index in [1.54, 1.807) is 0 Å². The first-order valence-corrected chi connectivity index (χ1v) is 6.61. The lowest BCUT2D eigenvalue weighted by Crippen LogP contribution is -2.37. The van der Waals surface area contributed by atoms with E-state index in [-0.39, 0.29) is 18.0 Å². The summed E-state index contributed by atoms with van der Waals surface area (Å²) in [6.45, 7) is 0.831. The van der Waals surface area contributed by atoms with Gasteiger partial charge in [0, 0.05) is 31.1 Å². The van der Waals surface area contributed by atoms with E-state index in [1.807, 2.05) is 6.07 Å². The molecule has 0 radical (unpaired) electrons. The van der Waals surface area contributed by atoms with E-state index in [0.29, 0.717) is 12.5 Å². The van der Waals surface area contributed by atoms with E-state index in [9.17, 15) is 4.79 Å². The predicted octanol–water partition coefficient (Wildman–Crippen LogP) is 0.999. The zero-order chi connectivity index (χ0) is 12.5. The Balaban J connectivity index is 1.63. The number of amides is 1. The van der Waals surface area contributed by atoms with Gasteiger partial charge < -0.3 is 16.4 Å². The second-order valence-corrected chi connectivity index (χ2v) is 5.24. The molecule has 3 rings (SSSR count). The second-order valence-electron chi connectivity index (χ2n) is 5.24. The van der Waals surface area contributed by atoms with Gasteiger partial charge in [-0.25, -0.2) is 0 Å². The first kappa shape index (κ1) is 11.7. The molecule has 1 heterocycles. The average molecular weight is 245 g/mol. The number of rotatable bonds is 3. The van der Waals surface area contributed by atoms with Gasteiger partial charge in [-0.1, -0.05) is 24.3 Å². The maximum atomic E-state index is 11.1. The maximum absolute atomic E-state index is 11.1. The van der Waals surface area contributed by atoms with Crippen molar-refractivity contribution in [1.29, 1.82) is 0 Å². The average Bonchev–Trinajstić information content (AvgIpc) is 2.92. The van der Waals surface area contributed by atoms with Crippen molar-refractivity contribution in [3.8, 4) is 0 Å². The van der Waals surface area contributed by atoms with Crippen LogP contribution in [0.15, 0.2) is 24.3 Å². The zero-order valence-electron chi connectivity index (χ0n) is 10.4. The summed E-state index contributed by atoms with van der Waals surface area (Å²) in [5.41, 5.74) is 8.70. The van der Waals surface area contributed by atoms with Crippen molar-refractivity contribution in [2.75, 3.05) is 6.54 Å². The minimum atomic E-state index is 0.136. The van der Waals surface area contributed by atoms with Crippen molar-refractivity contribution in [1.82, 2.24) is 10.6 Å². The third-order valence-electron chi connectivity index (χ3n) is 3.96. The molecule has 2 aliphatic rings. The Morgan fingerprint density at radius 1 is 1.33 bits per heavy atom. The number of carbonyl (C=O) groups is 1. The van der Waals surface area contributed by atoms with Crippen LogP contribution in [0.25, 0.3) is 0 Å². The van der Waals surface area contributed by atoms with Crippen LogP contribution in [-0.4, -0.2) is 18.5 Å². The van der Waals surface area contributed by atoms with Crippen molar-refractivity contribution in [3.05, 3.63) is 35.4 Å². The fourth-order valence-corrected chi connectivity index (χ4v) is 2.98. The summed E-state index contributed by atoms with van der Waals surface area (Å²) in [6, 6.07) is 9.10. The largest absolute Gasteiger partial charge is 0.352 e. The van der Waals surface area contributed by atoms with Gasteiger partial charge in [0.1, 0.15) is 0 Å². The normalized spacial score (nSPS) is 30.3. The Kier molecular flexibility index (Phi) is 3.06. The Morgan fingerprint density at radius 2 is 2.11 bits per heavy atom. The molecule has 3 unspecified atom stereocenters. The van der Waals surface area contributed by atoms with E-state index in [0.717, 1.165) is 19.4 Å². The van der Waals surface area contributed by atoms with Crippen molar-refractivity contribution >= 4 is 5.91 Å². The Morgan fingerprint density at radius 3 is 2.83 bits per heavy atom. The van der Waals surface area contributed by atoms with Crippen molar-refractivity contribution < 1.29 is 4.79 Å². The smallest absolute Gasteiger partial charge is 0.220 e. The van der Waals surface area contributed by atoms with E-state index >= 15 is 0 Å². The molecule has 3 atom stereocenters. The quantitative estimate of drug-likeness (QED) is 0.744. The van der Waals surface area contributed by atoms with Gasteiger partial charge in [0.2, 0.25) is 5.91 Å². The molecule has 0 bridgehead atoms. The molecule has 1 aromatic rings. The molecule has 0 spiro atoms. The summed E-state index contributed by atoms with van der Waals surface area (Å²) < 4.78 is 0. The topological polar surface area (TPSA) is 67.1 Å². The number of nitrogens with one attached hydrogen (secondary N) is 2. The summed E-state index contributed by atoms with van der Waals surface area (Å²) in [5.74, 6) is 0.172. The number of fused-ring (bicyclic) bond motifs is 1. The molecule has 4 heteroatoms. The first-order chi connectivity index (χ1) is 8.74. The minimum absolute atomic E-state index is 0.136. The van der Waals surface area contributed by atoms with Gasteiger partial charge in [-0.15, -0.1) is 0 Å². The fraction of sp³-hybridized carbons (Fsp3) is 0.500. The lowest BCUT2D eigenvalue weighted by Gasteiger charge is -2.17. The van der Waals surface area contributed by atoms with Gasteiger partial charge in [0.15, 0.2) is 0 Å². The van der Waals surface area contributed by atoms with Crippen LogP contribution in [0, 0.1) is 0 Å². The molecule has 1 aliphatic carbocycles. The van der Waals surface area contributed by atoms with Crippen LogP contribution < -0.4 is 16.4 Å². The molecule has 4 nitrogen and oxygen atoms in total. The van der Waals surface area contributed by atoms with Gasteiger partial charge in [-0.3, -0.25) is 4.79 Å². The molecule has 1 aromatic carbocycles. The molecule has 1 fully saturated rings. The van der Waals surface area contributed by atoms with Gasteiger partial charge in [0.05, 0.1) is 0 Å². The molecular weight excluding hydrogens is 226 g/mol. The van der Waals surface area contributed by atoms with Gasteiger partial charge in [0.25, 0.3) is 0 Å². The van der Waals surface area contributed by atoms with Crippen molar-refractivity contribution in [2.45, 2.75) is 37.4 Å². The maximum Gasteiger partial charge on any atom is 0.220 e. The van der Waals surface area contributed by atoms with Crippen LogP contribution in [0.5, 0.6) is 0 Å². The number of nitrogens with two attached hydrogens (primary N) is 1. The third-order valence-corrected chi connectivity index (χ3v) is 3.96. The number of carbonyl (C=O) groups excluding carboxylic acids is 1. The Labute approximate surface area is 107 Å². The van der Waals surface area contributed by atoms with Crippen LogP contribution in [0.4, 0.5) is 0 Å². The van der Waals surface area contributed by atoms with Crippen LogP contribution in [0.1, 0.15) is 42.5 Å². The van der Waals surface area contributed by atoms with Crippen molar-refractivity contribution in [2.24, 2.45) is 5.73 Å². The SMILES string of the molecule is NC1CC(NCC2CCC(=O)N2)c2ccccc21. The van der Waals surface area contributed by atoms with E-state index < -0.39 is 0 Å². The summed E-state index contributed by atoms with van der Waals surface area (Å²) in [7, 11) is 0. The highest BCUT2D eigenvalue weighted by Gasteiger charge is 2.29. The van der Waals surface area contributed by atoms with Crippen LogP contribution in [0.3, 0.4) is 0 Å². The molecule has 1 aliphatic heterocycles. The summed E-state index contributed by atoms with van der Waals surface area (Å²) in [6.07, 6.45) is 2.54. The monoisotopic (exact) mass is 245 g/mol. The summed E-state index contributed by atoms with van der Waals surface area (Å²) >= 11 is 0. The van der Waals surface area contributed by atoms with Crippen LogP contribution in [0.2, 0.25) is 0 Å². The molecule has 1 saturated heterocycles. The molecule has 4 N–H and O–H groups in total. The highest BCUT2D eigenvalue weighted by Crippen LogP contribution is 2.36. The zero-order valence-corrected chi connectivity index (χ0v) is 10.4. The van der Waals surface area contributed by atoms with E-state index in [4.69, 9.17) is 5.73 Å². The van der Waals surface area contributed by atoms with Gasteiger partial charge in [-0.05, 0) is 24.0 Å². The lowest BCUT2D eigenvalue weighted by molar-refractivity contribution is -0.119. The second kappa shape index (κ2) is 4.71. The molecule has 1 amide bonds. The van der Waals surface area contributed by atoms with E-state index in [1.165, 1.54) is 11.1 Å². The number of benzene rings is 1. The third kappa shape index (κ3) is 2.13. The lowest BCUT2D eigenvalue weighted by atomic mass is 10.1. The summed E-state index contributed by atoms with van der Waals surface area (Å²) in [5, 5.41) is 6.52. The number of hydrogen-bond acceptors (Lipinski definition) is 3. The van der Waals surface area contributed by atoms with Crippen LogP contribution in [-0.2, 0) is 4.79 Å². The fourth-order valence-electron chi connectivity index (χ4n) is 2.98.